The highest BCUT2D eigenvalue weighted by molar-refractivity contribution is 6.31. The minimum atomic E-state index is -0.339. The summed E-state index contributed by atoms with van der Waals surface area (Å²) in [5, 5.41) is 3.47. The van der Waals surface area contributed by atoms with E-state index < -0.39 is 0 Å². The van der Waals surface area contributed by atoms with Crippen LogP contribution in [-0.2, 0) is 16.0 Å². The summed E-state index contributed by atoms with van der Waals surface area (Å²) in [6, 6.07) is 13.2. The van der Waals surface area contributed by atoms with Gasteiger partial charge in [-0.05, 0) is 48.7 Å². The number of carbonyl (C=O) groups is 2. The predicted octanol–water partition coefficient (Wildman–Crippen LogP) is 3.69. The van der Waals surface area contributed by atoms with E-state index in [1.165, 1.54) is 0 Å². The van der Waals surface area contributed by atoms with E-state index in [9.17, 15) is 9.59 Å². The first-order valence-corrected chi connectivity index (χ1v) is 9.32. The van der Waals surface area contributed by atoms with E-state index in [-0.39, 0.29) is 24.2 Å². The predicted molar refractivity (Wildman–Crippen MR) is 106 cm³/mol. The van der Waals surface area contributed by atoms with Crippen LogP contribution in [-0.4, -0.2) is 36.9 Å². The Morgan fingerprint density at radius 1 is 1.26 bits per heavy atom. The van der Waals surface area contributed by atoms with Crippen LogP contribution in [0.25, 0.3) is 0 Å². The van der Waals surface area contributed by atoms with Gasteiger partial charge in [0.15, 0.2) is 0 Å². The van der Waals surface area contributed by atoms with Crippen molar-refractivity contribution in [2.45, 2.75) is 19.8 Å². The van der Waals surface area contributed by atoms with Crippen LogP contribution in [0.4, 0.5) is 5.69 Å². The molecule has 27 heavy (non-hydrogen) atoms. The topological polar surface area (TPSA) is 58.6 Å². The van der Waals surface area contributed by atoms with Crippen LogP contribution in [0.15, 0.2) is 42.5 Å². The lowest BCUT2D eigenvalue weighted by atomic mass is 10.1. The van der Waals surface area contributed by atoms with Gasteiger partial charge >= 0.3 is 0 Å². The van der Waals surface area contributed by atoms with E-state index in [0.29, 0.717) is 23.8 Å². The third-order valence-electron chi connectivity index (χ3n) is 4.85. The quantitative estimate of drug-likeness (QED) is 0.823. The molecule has 1 aliphatic heterocycles. The largest absolute Gasteiger partial charge is 0.497 e. The number of anilines is 1. The van der Waals surface area contributed by atoms with Crippen molar-refractivity contribution in [3.8, 4) is 5.75 Å². The van der Waals surface area contributed by atoms with Crippen molar-refractivity contribution >= 4 is 29.1 Å². The summed E-state index contributed by atoms with van der Waals surface area (Å²) in [6.07, 6.45) is 0.992. The van der Waals surface area contributed by atoms with Crippen LogP contribution in [0.5, 0.6) is 5.75 Å². The molecule has 0 spiro atoms. The number of rotatable bonds is 6. The van der Waals surface area contributed by atoms with Gasteiger partial charge in [-0.15, -0.1) is 0 Å². The van der Waals surface area contributed by atoms with E-state index in [2.05, 4.69) is 5.32 Å². The van der Waals surface area contributed by atoms with Crippen molar-refractivity contribution < 1.29 is 14.3 Å². The van der Waals surface area contributed by atoms with Gasteiger partial charge in [-0.1, -0.05) is 29.8 Å². The Bertz CT molecular complexity index is 836. The van der Waals surface area contributed by atoms with E-state index in [0.717, 1.165) is 23.3 Å². The molecule has 0 bridgehead atoms. The Balaban J connectivity index is 1.54. The molecule has 2 amide bonds. The van der Waals surface area contributed by atoms with Crippen LogP contribution in [0, 0.1) is 12.8 Å². The van der Waals surface area contributed by atoms with Gasteiger partial charge in [0.05, 0.1) is 13.0 Å². The Hall–Kier alpha value is -2.53. The lowest BCUT2D eigenvalue weighted by Gasteiger charge is -2.17. The molecule has 1 unspecified atom stereocenters. The number of benzene rings is 2. The van der Waals surface area contributed by atoms with Gasteiger partial charge in [-0.3, -0.25) is 9.59 Å². The number of aryl methyl sites for hydroxylation is 1. The van der Waals surface area contributed by atoms with Crippen molar-refractivity contribution in [2.75, 3.05) is 25.5 Å². The van der Waals surface area contributed by atoms with E-state index in [1.807, 2.05) is 43.3 Å². The molecule has 0 saturated carbocycles. The van der Waals surface area contributed by atoms with Gasteiger partial charge in [0.2, 0.25) is 11.8 Å². The number of likely N-dealkylation sites (tertiary alicyclic amines) is 1. The van der Waals surface area contributed by atoms with Crippen LogP contribution >= 0.6 is 11.6 Å². The molecule has 1 atom stereocenters. The number of hydrogen-bond acceptors (Lipinski definition) is 3. The van der Waals surface area contributed by atoms with Crippen molar-refractivity contribution in [1.82, 2.24) is 4.90 Å². The monoisotopic (exact) mass is 386 g/mol. The molecule has 2 aromatic rings. The van der Waals surface area contributed by atoms with Crippen molar-refractivity contribution in [1.29, 1.82) is 0 Å². The summed E-state index contributed by atoms with van der Waals surface area (Å²) in [5.74, 6) is 0.346. The number of amides is 2. The van der Waals surface area contributed by atoms with Crippen molar-refractivity contribution in [2.24, 2.45) is 5.92 Å². The Labute approximate surface area is 164 Å². The molecule has 1 saturated heterocycles. The number of nitrogens with one attached hydrogen (secondary N) is 1. The summed E-state index contributed by atoms with van der Waals surface area (Å²) in [7, 11) is 1.63. The first kappa shape index (κ1) is 19.2. The molecule has 0 aromatic heterocycles. The number of carbonyl (C=O) groups excluding carboxylic acids is 2. The summed E-state index contributed by atoms with van der Waals surface area (Å²) in [6.45, 7) is 2.95. The molecule has 1 N–H and O–H groups in total. The molecule has 2 aromatic carbocycles. The number of methoxy groups -OCH3 is 1. The normalized spacial score (nSPS) is 16.5. The summed E-state index contributed by atoms with van der Waals surface area (Å²) < 4.78 is 5.15. The minimum Gasteiger partial charge on any atom is -0.497 e. The number of halogens is 1. The standard InChI is InChI=1S/C21H23ClN2O3/c1-14-3-6-17(12-19(14)22)23-21(26)16-11-20(25)24(13-16)10-9-15-4-7-18(27-2)8-5-15/h3-8,12,16H,9-11,13H2,1-2H3,(H,23,26). The second kappa shape index (κ2) is 8.44. The van der Waals surface area contributed by atoms with E-state index >= 15 is 0 Å². The lowest BCUT2D eigenvalue weighted by molar-refractivity contribution is -0.128. The maximum atomic E-state index is 12.5. The molecule has 142 valence electrons. The second-order valence-corrected chi connectivity index (χ2v) is 7.20. The molecular weight excluding hydrogens is 364 g/mol. The average molecular weight is 387 g/mol. The number of hydrogen-bond donors (Lipinski definition) is 1. The van der Waals surface area contributed by atoms with Gasteiger partial charge < -0.3 is 15.0 Å². The van der Waals surface area contributed by atoms with Crippen LogP contribution in [0.1, 0.15) is 17.5 Å². The summed E-state index contributed by atoms with van der Waals surface area (Å²) in [5.41, 5.74) is 2.74. The van der Waals surface area contributed by atoms with Crippen LogP contribution in [0.3, 0.4) is 0 Å². The van der Waals surface area contributed by atoms with Gasteiger partial charge in [0.25, 0.3) is 0 Å². The second-order valence-electron chi connectivity index (χ2n) is 6.79. The fourth-order valence-electron chi connectivity index (χ4n) is 3.14. The molecule has 1 heterocycles. The fraction of sp³-hybridized carbons (Fsp3) is 0.333. The van der Waals surface area contributed by atoms with Crippen molar-refractivity contribution in [3.05, 3.63) is 58.6 Å². The minimum absolute atomic E-state index is 0.0191. The fourth-order valence-corrected chi connectivity index (χ4v) is 3.32. The molecule has 6 heteroatoms. The third kappa shape index (κ3) is 4.80. The zero-order chi connectivity index (χ0) is 19.4. The lowest BCUT2D eigenvalue weighted by Crippen LogP contribution is -2.30. The highest BCUT2D eigenvalue weighted by atomic mass is 35.5. The Morgan fingerprint density at radius 3 is 2.67 bits per heavy atom. The highest BCUT2D eigenvalue weighted by Gasteiger charge is 2.34. The first-order valence-electron chi connectivity index (χ1n) is 8.94. The maximum Gasteiger partial charge on any atom is 0.229 e. The zero-order valence-corrected chi connectivity index (χ0v) is 16.3. The van der Waals surface area contributed by atoms with Gasteiger partial charge in [-0.25, -0.2) is 0 Å². The van der Waals surface area contributed by atoms with Crippen molar-refractivity contribution in [3.63, 3.8) is 0 Å². The molecule has 0 radical (unpaired) electrons. The molecule has 0 aliphatic carbocycles. The third-order valence-corrected chi connectivity index (χ3v) is 5.26. The molecule has 1 aliphatic rings. The molecule has 3 rings (SSSR count). The van der Waals surface area contributed by atoms with Gasteiger partial charge in [0, 0.05) is 30.2 Å². The number of ether oxygens (including phenoxy) is 1. The molecule has 1 fully saturated rings. The van der Waals surface area contributed by atoms with Crippen LogP contribution < -0.4 is 10.1 Å². The summed E-state index contributed by atoms with van der Waals surface area (Å²) in [4.78, 5) is 26.5. The Morgan fingerprint density at radius 2 is 2.00 bits per heavy atom. The van der Waals surface area contributed by atoms with E-state index in [4.69, 9.17) is 16.3 Å². The zero-order valence-electron chi connectivity index (χ0n) is 15.5. The Kier molecular flexibility index (Phi) is 6.01. The molecular formula is C21H23ClN2O3. The van der Waals surface area contributed by atoms with Crippen LogP contribution in [0.2, 0.25) is 5.02 Å². The van der Waals surface area contributed by atoms with Gasteiger partial charge in [-0.2, -0.15) is 0 Å². The molecule has 5 nitrogen and oxygen atoms in total. The average Bonchev–Trinajstić information content (AvgIpc) is 3.04. The maximum absolute atomic E-state index is 12.5. The number of nitrogens with zero attached hydrogens (tertiary/aromatic N) is 1. The smallest absolute Gasteiger partial charge is 0.229 e. The summed E-state index contributed by atoms with van der Waals surface area (Å²) >= 11 is 6.10. The highest BCUT2D eigenvalue weighted by Crippen LogP contribution is 2.23. The first-order chi connectivity index (χ1) is 13.0. The van der Waals surface area contributed by atoms with Gasteiger partial charge in [0.1, 0.15) is 5.75 Å². The SMILES string of the molecule is COc1ccc(CCN2CC(C(=O)Nc3ccc(C)c(Cl)c3)CC2=O)cc1. The van der Waals surface area contributed by atoms with E-state index in [1.54, 1.807) is 18.1 Å².